The molecule has 0 radical (unpaired) electrons. The van der Waals surface area contributed by atoms with Crippen LogP contribution in [0, 0.1) is 13.8 Å². The molecule has 2 N–H and O–H groups in total. The summed E-state index contributed by atoms with van der Waals surface area (Å²) in [5.74, 6) is 0.847. The van der Waals surface area contributed by atoms with Crippen LogP contribution >= 0.6 is 0 Å². The number of carbonyl (C=O) groups is 2. The molecule has 0 bridgehead atoms. The van der Waals surface area contributed by atoms with Crippen LogP contribution < -0.4 is 15.4 Å². The average Bonchev–Trinajstić information content (AvgIpc) is 2.67. The van der Waals surface area contributed by atoms with Crippen molar-refractivity contribution in [3.63, 3.8) is 0 Å². The molecule has 0 aliphatic heterocycles. The Labute approximate surface area is 166 Å². The molecule has 0 aromatic heterocycles. The van der Waals surface area contributed by atoms with Crippen molar-refractivity contribution < 1.29 is 14.3 Å². The maximum atomic E-state index is 12.1. The first-order valence-corrected chi connectivity index (χ1v) is 9.46. The van der Waals surface area contributed by atoms with Gasteiger partial charge >= 0.3 is 6.03 Å². The van der Waals surface area contributed by atoms with Crippen molar-refractivity contribution in [3.8, 4) is 5.75 Å². The highest BCUT2D eigenvalue weighted by Crippen LogP contribution is 2.21. The molecule has 150 valence electrons. The lowest BCUT2D eigenvalue weighted by molar-refractivity contribution is -0.130. The number of nitrogens with one attached hydrogen (secondary N) is 2. The highest BCUT2D eigenvalue weighted by Gasteiger charge is 2.10. The van der Waals surface area contributed by atoms with Crippen LogP contribution in [0.25, 0.3) is 0 Å². The summed E-state index contributed by atoms with van der Waals surface area (Å²) >= 11 is 0. The molecule has 0 saturated carbocycles. The number of hydrogen-bond donors (Lipinski definition) is 2. The molecule has 0 spiro atoms. The fraction of sp³-hybridized carbons (Fsp3) is 0.364. The number of hydrogen-bond acceptors (Lipinski definition) is 3. The van der Waals surface area contributed by atoms with Gasteiger partial charge in [-0.2, -0.15) is 0 Å². The lowest BCUT2D eigenvalue weighted by Gasteiger charge is -2.17. The average molecular weight is 383 g/mol. The molecular formula is C22H29N3O3. The lowest BCUT2D eigenvalue weighted by atomic mass is 10.1. The van der Waals surface area contributed by atoms with E-state index in [-0.39, 0.29) is 18.4 Å². The van der Waals surface area contributed by atoms with E-state index in [0.29, 0.717) is 26.2 Å². The fourth-order valence-corrected chi connectivity index (χ4v) is 2.83. The minimum absolute atomic E-state index is 0.0116. The van der Waals surface area contributed by atoms with Crippen LogP contribution in [0.2, 0.25) is 0 Å². The van der Waals surface area contributed by atoms with Gasteiger partial charge in [0.15, 0.2) is 0 Å². The van der Waals surface area contributed by atoms with Gasteiger partial charge in [0.25, 0.3) is 0 Å². The van der Waals surface area contributed by atoms with Gasteiger partial charge in [-0.25, -0.2) is 4.79 Å². The third kappa shape index (κ3) is 6.95. The van der Waals surface area contributed by atoms with E-state index in [2.05, 4.69) is 10.6 Å². The molecule has 0 unspecified atom stereocenters. The smallest absolute Gasteiger partial charge is 0.314 e. The summed E-state index contributed by atoms with van der Waals surface area (Å²) < 4.78 is 5.75. The Kier molecular flexibility index (Phi) is 8.34. The predicted molar refractivity (Wildman–Crippen MR) is 110 cm³/mol. The highest BCUT2D eigenvalue weighted by atomic mass is 16.5. The number of carbonyl (C=O) groups excluding carboxylic acids is 2. The zero-order chi connectivity index (χ0) is 20.4. The van der Waals surface area contributed by atoms with Crippen LogP contribution in [-0.4, -0.2) is 43.6 Å². The van der Waals surface area contributed by atoms with Crippen LogP contribution in [0.5, 0.6) is 5.75 Å². The Bertz CT molecular complexity index is 758. The summed E-state index contributed by atoms with van der Waals surface area (Å²) in [6.45, 7) is 5.62. The van der Waals surface area contributed by atoms with Crippen LogP contribution in [-0.2, 0) is 11.3 Å². The van der Waals surface area contributed by atoms with E-state index >= 15 is 0 Å². The topological polar surface area (TPSA) is 70.7 Å². The van der Waals surface area contributed by atoms with Gasteiger partial charge in [0.2, 0.25) is 5.91 Å². The molecule has 28 heavy (non-hydrogen) atoms. The Morgan fingerprint density at radius 1 is 0.929 bits per heavy atom. The molecule has 0 atom stereocenters. The van der Waals surface area contributed by atoms with Gasteiger partial charge in [-0.1, -0.05) is 48.5 Å². The second kappa shape index (κ2) is 11.0. The summed E-state index contributed by atoms with van der Waals surface area (Å²) in [5.41, 5.74) is 3.22. The fourth-order valence-electron chi connectivity index (χ4n) is 2.83. The summed E-state index contributed by atoms with van der Waals surface area (Å²) in [4.78, 5) is 25.6. The number of nitrogens with zero attached hydrogens (tertiary/aromatic N) is 1. The van der Waals surface area contributed by atoms with Crippen LogP contribution in [0.1, 0.15) is 23.1 Å². The molecule has 2 aromatic carbocycles. The molecule has 0 saturated heterocycles. The third-order valence-corrected chi connectivity index (χ3v) is 4.36. The van der Waals surface area contributed by atoms with Crippen molar-refractivity contribution in [2.24, 2.45) is 0 Å². The molecule has 6 heteroatoms. The maximum Gasteiger partial charge on any atom is 0.314 e. The molecular weight excluding hydrogens is 354 g/mol. The first kappa shape index (κ1) is 21.3. The number of urea groups is 1. The van der Waals surface area contributed by atoms with Gasteiger partial charge in [-0.15, -0.1) is 0 Å². The van der Waals surface area contributed by atoms with Gasteiger partial charge in [0, 0.05) is 26.6 Å². The molecule has 3 amide bonds. The van der Waals surface area contributed by atoms with E-state index in [9.17, 15) is 9.59 Å². The zero-order valence-corrected chi connectivity index (χ0v) is 16.8. The molecule has 2 rings (SSSR count). The first-order chi connectivity index (χ1) is 13.5. The predicted octanol–water partition coefficient (Wildman–Crippen LogP) is 3.03. The summed E-state index contributed by atoms with van der Waals surface area (Å²) in [6.07, 6.45) is 0.260. The molecule has 0 heterocycles. The quantitative estimate of drug-likeness (QED) is 0.654. The van der Waals surface area contributed by atoms with E-state index in [1.54, 1.807) is 11.9 Å². The largest absolute Gasteiger partial charge is 0.491 e. The van der Waals surface area contributed by atoms with Crippen molar-refractivity contribution in [2.75, 3.05) is 26.7 Å². The van der Waals surface area contributed by atoms with Crippen molar-refractivity contribution in [2.45, 2.75) is 26.8 Å². The number of amides is 3. The first-order valence-electron chi connectivity index (χ1n) is 9.46. The van der Waals surface area contributed by atoms with Crippen LogP contribution in [0.4, 0.5) is 4.79 Å². The minimum Gasteiger partial charge on any atom is -0.491 e. The number of rotatable bonds is 9. The zero-order valence-electron chi connectivity index (χ0n) is 16.8. The SMILES string of the molecule is Cc1cccc(C)c1OCCNC(=O)NCCC(=O)N(C)Cc1ccccc1. The van der Waals surface area contributed by atoms with Crippen molar-refractivity contribution in [1.82, 2.24) is 15.5 Å². The Balaban J connectivity index is 1.60. The molecule has 6 nitrogen and oxygen atoms in total. The maximum absolute atomic E-state index is 12.1. The second-order valence-corrected chi connectivity index (χ2v) is 6.74. The molecule has 0 aliphatic rings. The number of benzene rings is 2. The molecule has 0 aliphatic carbocycles. The molecule has 2 aromatic rings. The monoisotopic (exact) mass is 383 g/mol. The van der Waals surface area contributed by atoms with E-state index in [1.807, 2.05) is 62.4 Å². The van der Waals surface area contributed by atoms with Crippen LogP contribution in [0.3, 0.4) is 0 Å². The van der Waals surface area contributed by atoms with Crippen molar-refractivity contribution in [1.29, 1.82) is 0 Å². The van der Waals surface area contributed by atoms with E-state index in [0.717, 1.165) is 22.4 Å². The van der Waals surface area contributed by atoms with E-state index in [4.69, 9.17) is 4.74 Å². The van der Waals surface area contributed by atoms with E-state index in [1.165, 1.54) is 0 Å². The molecule has 0 fully saturated rings. The summed E-state index contributed by atoms with van der Waals surface area (Å²) in [5, 5.41) is 5.44. The van der Waals surface area contributed by atoms with Gasteiger partial charge in [0.05, 0.1) is 6.54 Å². The van der Waals surface area contributed by atoms with E-state index < -0.39 is 0 Å². The van der Waals surface area contributed by atoms with Gasteiger partial charge < -0.3 is 20.3 Å². The third-order valence-electron chi connectivity index (χ3n) is 4.36. The van der Waals surface area contributed by atoms with Gasteiger partial charge in [-0.05, 0) is 30.5 Å². The second-order valence-electron chi connectivity index (χ2n) is 6.74. The minimum atomic E-state index is -0.302. The Hall–Kier alpha value is -3.02. The Morgan fingerprint density at radius 2 is 1.57 bits per heavy atom. The number of aryl methyl sites for hydroxylation is 2. The lowest BCUT2D eigenvalue weighted by Crippen LogP contribution is -2.39. The van der Waals surface area contributed by atoms with Gasteiger partial charge in [0.1, 0.15) is 12.4 Å². The Morgan fingerprint density at radius 3 is 2.25 bits per heavy atom. The van der Waals surface area contributed by atoms with Crippen LogP contribution in [0.15, 0.2) is 48.5 Å². The number of para-hydroxylation sites is 1. The highest BCUT2D eigenvalue weighted by molar-refractivity contribution is 5.78. The standard InChI is InChI=1S/C22H29N3O3/c1-17-8-7-9-18(2)21(17)28-15-14-24-22(27)23-13-12-20(26)25(3)16-19-10-5-4-6-11-19/h4-11H,12-16H2,1-3H3,(H2,23,24,27). The van der Waals surface area contributed by atoms with Crippen molar-refractivity contribution >= 4 is 11.9 Å². The summed E-state index contributed by atoms with van der Waals surface area (Å²) in [6, 6.07) is 15.5. The summed E-state index contributed by atoms with van der Waals surface area (Å²) in [7, 11) is 1.76. The van der Waals surface area contributed by atoms with Gasteiger partial charge in [-0.3, -0.25) is 4.79 Å². The normalized spacial score (nSPS) is 10.2. The van der Waals surface area contributed by atoms with Crippen molar-refractivity contribution in [3.05, 3.63) is 65.2 Å². The number of ether oxygens (including phenoxy) is 1.